The molecule has 30 heavy (non-hydrogen) atoms. The number of amides is 3. The van der Waals surface area contributed by atoms with Crippen LogP contribution in [0.25, 0.3) is 0 Å². The van der Waals surface area contributed by atoms with Crippen molar-refractivity contribution in [3.63, 3.8) is 0 Å². The molecule has 1 saturated carbocycles. The maximum absolute atomic E-state index is 13.9. The number of rotatable bonds is 12. The van der Waals surface area contributed by atoms with Crippen molar-refractivity contribution >= 4 is 23.9 Å². The number of urea groups is 1. The van der Waals surface area contributed by atoms with Crippen molar-refractivity contribution in [1.82, 2.24) is 14.9 Å². The van der Waals surface area contributed by atoms with Gasteiger partial charge in [-0.05, 0) is 70.1 Å². The molecule has 1 aliphatic heterocycles. The Morgan fingerprint density at radius 1 is 1.30 bits per heavy atom. The van der Waals surface area contributed by atoms with E-state index in [4.69, 9.17) is 4.74 Å². The van der Waals surface area contributed by atoms with E-state index in [0.717, 1.165) is 30.6 Å². The number of unbranched alkanes of at least 4 members (excludes halogenated alkanes) is 2. The van der Waals surface area contributed by atoms with Crippen LogP contribution in [0.3, 0.4) is 0 Å². The summed E-state index contributed by atoms with van der Waals surface area (Å²) in [5.74, 6) is 1.32. The van der Waals surface area contributed by atoms with Gasteiger partial charge in [0.1, 0.15) is 5.54 Å². The number of hydrogen-bond acceptors (Lipinski definition) is 5. The Morgan fingerprint density at radius 3 is 2.73 bits per heavy atom. The Hall–Kier alpha value is -1.80. The van der Waals surface area contributed by atoms with Gasteiger partial charge in [-0.25, -0.2) is 9.18 Å². The van der Waals surface area contributed by atoms with Gasteiger partial charge < -0.3 is 9.64 Å². The van der Waals surface area contributed by atoms with Crippen LogP contribution in [-0.4, -0.2) is 41.3 Å². The molecule has 0 bridgehead atoms. The van der Waals surface area contributed by atoms with Crippen molar-refractivity contribution in [2.75, 3.05) is 18.9 Å². The van der Waals surface area contributed by atoms with E-state index >= 15 is 0 Å². The molecule has 6 nitrogen and oxygen atoms in total. The highest BCUT2D eigenvalue weighted by atomic mass is 32.2. The third-order valence-electron chi connectivity index (χ3n) is 5.71. The van der Waals surface area contributed by atoms with Crippen molar-refractivity contribution in [2.45, 2.75) is 64.5 Å². The summed E-state index contributed by atoms with van der Waals surface area (Å²) in [4.78, 5) is 25.2. The fourth-order valence-electron chi connectivity index (χ4n) is 3.34. The van der Waals surface area contributed by atoms with Gasteiger partial charge in [0.15, 0.2) is 11.6 Å². The molecule has 1 aromatic rings. The van der Waals surface area contributed by atoms with Crippen molar-refractivity contribution in [1.29, 1.82) is 0 Å². The van der Waals surface area contributed by atoms with Crippen LogP contribution < -0.4 is 14.8 Å². The zero-order chi connectivity index (χ0) is 21.7. The highest BCUT2D eigenvalue weighted by Gasteiger charge is 2.44. The number of carbonyl (C=O) groups excluding carboxylic acids is 2. The molecule has 1 unspecified atom stereocenters. The van der Waals surface area contributed by atoms with Crippen LogP contribution in [-0.2, 0) is 4.79 Å². The van der Waals surface area contributed by atoms with Crippen LogP contribution in [0.4, 0.5) is 9.18 Å². The van der Waals surface area contributed by atoms with Crippen molar-refractivity contribution in [2.24, 2.45) is 5.92 Å². The summed E-state index contributed by atoms with van der Waals surface area (Å²) in [6, 6.07) is 4.84. The number of hydrogen-bond donors (Lipinski definition) is 2. The zero-order valence-corrected chi connectivity index (χ0v) is 18.8. The molecule has 2 N–H and O–H groups in total. The summed E-state index contributed by atoms with van der Waals surface area (Å²) in [7, 11) is 0. The van der Waals surface area contributed by atoms with E-state index in [2.05, 4.69) is 17.0 Å². The first kappa shape index (κ1) is 22.9. The second-order valence-electron chi connectivity index (χ2n) is 8.66. The molecule has 2 fully saturated rings. The molecule has 0 spiro atoms. The summed E-state index contributed by atoms with van der Waals surface area (Å²) in [5, 5.41) is 2.37. The van der Waals surface area contributed by atoms with E-state index in [1.165, 1.54) is 18.9 Å². The van der Waals surface area contributed by atoms with E-state index in [9.17, 15) is 14.0 Å². The number of nitrogens with one attached hydrogen (secondary N) is 2. The SMILES string of the molecule is CC(NSCCCCCN1C(=O)NC(=O)C1(C)C)c1ccc(F)c(OCC2CC2)c1. The van der Waals surface area contributed by atoms with Crippen molar-refractivity contribution < 1.29 is 18.7 Å². The average molecular weight is 438 g/mol. The minimum absolute atomic E-state index is 0.0824. The quantitative estimate of drug-likeness (QED) is 0.288. The number of nitrogens with zero attached hydrogens (tertiary/aromatic N) is 1. The molecule has 1 atom stereocenters. The maximum Gasteiger partial charge on any atom is 0.324 e. The Labute approximate surface area is 182 Å². The molecule has 1 aliphatic carbocycles. The van der Waals surface area contributed by atoms with Gasteiger partial charge in [0.2, 0.25) is 0 Å². The van der Waals surface area contributed by atoms with Crippen LogP contribution >= 0.6 is 11.9 Å². The third kappa shape index (κ3) is 5.88. The fourth-order valence-corrected chi connectivity index (χ4v) is 4.19. The maximum atomic E-state index is 13.9. The molecule has 0 aromatic heterocycles. The smallest absolute Gasteiger partial charge is 0.324 e. The largest absolute Gasteiger partial charge is 0.490 e. The molecule has 8 heteroatoms. The molecule has 3 amide bonds. The number of ether oxygens (including phenoxy) is 1. The number of benzene rings is 1. The predicted octanol–water partition coefficient (Wildman–Crippen LogP) is 4.41. The second kappa shape index (κ2) is 10.0. The van der Waals surface area contributed by atoms with Gasteiger partial charge in [0, 0.05) is 18.3 Å². The molecule has 3 rings (SSSR count). The fraction of sp³-hybridized carbons (Fsp3) is 0.636. The lowest BCUT2D eigenvalue weighted by Gasteiger charge is -2.27. The molecule has 0 radical (unpaired) electrons. The van der Waals surface area contributed by atoms with Gasteiger partial charge in [-0.2, -0.15) is 0 Å². The first-order valence-electron chi connectivity index (χ1n) is 10.7. The normalized spacial score (nSPS) is 19.1. The number of carbonyl (C=O) groups is 2. The summed E-state index contributed by atoms with van der Waals surface area (Å²) < 4.78 is 23.0. The van der Waals surface area contributed by atoms with Crippen molar-refractivity contribution in [3.8, 4) is 5.75 Å². The molecular weight excluding hydrogens is 405 g/mol. The van der Waals surface area contributed by atoms with Crippen LogP contribution in [0.15, 0.2) is 18.2 Å². The van der Waals surface area contributed by atoms with E-state index < -0.39 is 5.54 Å². The monoisotopic (exact) mass is 437 g/mol. The minimum atomic E-state index is -0.765. The Kier molecular flexibility index (Phi) is 7.63. The molecular formula is C22H32FN3O3S. The first-order valence-corrected chi connectivity index (χ1v) is 11.7. The van der Waals surface area contributed by atoms with Crippen LogP contribution in [0, 0.1) is 11.7 Å². The van der Waals surface area contributed by atoms with Gasteiger partial charge in [0.05, 0.1) is 6.61 Å². The lowest BCUT2D eigenvalue weighted by Crippen LogP contribution is -2.44. The van der Waals surface area contributed by atoms with Crippen molar-refractivity contribution in [3.05, 3.63) is 29.6 Å². The minimum Gasteiger partial charge on any atom is -0.490 e. The topological polar surface area (TPSA) is 70.7 Å². The Bertz CT molecular complexity index is 770. The first-order chi connectivity index (χ1) is 14.3. The van der Waals surface area contributed by atoms with Gasteiger partial charge >= 0.3 is 6.03 Å². The molecule has 1 aromatic carbocycles. The summed E-state index contributed by atoms with van der Waals surface area (Å²) in [6.07, 6.45) is 5.20. The van der Waals surface area contributed by atoms with E-state index in [1.54, 1.807) is 42.8 Å². The molecule has 2 aliphatic rings. The van der Waals surface area contributed by atoms with Crippen LogP contribution in [0.5, 0.6) is 5.75 Å². The standard InChI is InChI=1S/C22H32FN3O3S/c1-15(17-9-10-18(23)19(13-17)29-14-16-7-8-16)25-30-12-6-4-5-11-26-21(28)24-20(27)22(26,2)3/h9-10,13,15-16,25H,4-8,11-12,14H2,1-3H3,(H,24,27,28). The van der Waals surface area contributed by atoms with Gasteiger partial charge in [-0.15, -0.1) is 0 Å². The van der Waals surface area contributed by atoms with E-state index in [1.807, 2.05) is 0 Å². The summed E-state index contributed by atoms with van der Waals surface area (Å²) >= 11 is 1.65. The number of halogens is 1. The second-order valence-corrected chi connectivity index (χ2v) is 9.60. The zero-order valence-electron chi connectivity index (χ0n) is 18.0. The molecule has 1 saturated heterocycles. The van der Waals surface area contributed by atoms with Gasteiger partial charge in [-0.3, -0.25) is 14.8 Å². The Balaban J connectivity index is 1.32. The predicted molar refractivity (Wildman–Crippen MR) is 117 cm³/mol. The highest BCUT2D eigenvalue weighted by molar-refractivity contribution is 7.97. The summed E-state index contributed by atoms with van der Waals surface area (Å²) in [6.45, 7) is 6.77. The van der Waals surface area contributed by atoms with E-state index in [-0.39, 0.29) is 23.8 Å². The third-order valence-corrected chi connectivity index (χ3v) is 6.72. The average Bonchev–Trinajstić information content (AvgIpc) is 3.50. The lowest BCUT2D eigenvalue weighted by atomic mass is 10.0. The lowest BCUT2D eigenvalue weighted by molar-refractivity contribution is -0.125. The summed E-state index contributed by atoms with van der Waals surface area (Å²) in [5.41, 5.74) is 0.237. The Morgan fingerprint density at radius 2 is 2.07 bits per heavy atom. The van der Waals surface area contributed by atoms with Gasteiger partial charge in [0.25, 0.3) is 5.91 Å². The molecule has 166 valence electrons. The van der Waals surface area contributed by atoms with Gasteiger partial charge in [-0.1, -0.05) is 24.4 Å². The van der Waals surface area contributed by atoms with E-state index in [0.29, 0.717) is 24.8 Å². The van der Waals surface area contributed by atoms with Crippen LogP contribution in [0.2, 0.25) is 0 Å². The molecule has 1 heterocycles. The highest BCUT2D eigenvalue weighted by Crippen LogP contribution is 2.31. The van der Waals surface area contributed by atoms with Crippen LogP contribution in [0.1, 0.15) is 64.5 Å². The number of imide groups is 1.